The first kappa shape index (κ1) is 16.2. The van der Waals surface area contributed by atoms with Crippen molar-refractivity contribution in [2.24, 2.45) is 0 Å². The number of aryl methyl sites for hydroxylation is 1. The Morgan fingerprint density at radius 3 is 2.86 bits per heavy atom. The molecule has 0 spiro atoms. The van der Waals surface area contributed by atoms with Crippen molar-refractivity contribution in [3.63, 3.8) is 0 Å². The summed E-state index contributed by atoms with van der Waals surface area (Å²) in [6, 6.07) is 0. The van der Waals surface area contributed by atoms with Crippen LogP contribution in [0.15, 0.2) is 15.8 Å². The summed E-state index contributed by atoms with van der Waals surface area (Å²) in [5, 5.41) is 10.0. The summed E-state index contributed by atoms with van der Waals surface area (Å²) in [7, 11) is -4.62. The van der Waals surface area contributed by atoms with Gasteiger partial charge in [0, 0.05) is 11.8 Å². The summed E-state index contributed by atoms with van der Waals surface area (Å²) in [6.07, 6.45) is -3.22. The molecule has 0 saturated carbocycles. The number of aromatic amines is 1. The highest BCUT2D eigenvalue weighted by Gasteiger charge is 2.39. The van der Waals surface area contributed by atoms with E-state index in [1.165, 1.54) is 13.1 Å². The van der Waals surface area contributed by atoms with E-state index >= 15 is 0 Å². The molecule has 0 amide bonds. The van der Waals surface area contributed by atoms with Crippen LogP contribution in [0.1, 0.15) is 11.8 Å². The van der Waals surface area contributed by atoms with Gasteiger partial charge in [-0.25, -0.2) is 4.79 Å². The van der Waals surface area contributed by atoms with Crippen LogP contribution < -0.4 is 21.0 Å². The summed E-state index contributed by atoms with van der Waals surface area (Å²) >= 11 is 0. The minimum absolute atomic E-state index is 0.170. The third-order valence-electron chi connectivity index (χ3n) is 2.98. The molecular formula is C10H14N2O8P-. The van der Waals surface area contributed by atoms with Crippen molar-refractivity contribution in [3.05, 3.63) is 32.6 Å². The molecule has 11 heteroatoms. The molecule has 1 fully saturated rings. The Bertz CT molecular complexity index is 621. The predicted molar refractivity (Wildman–Crippen MR) is 65.9 cm³/mol. The minimum atomic E-state index is -4.62. The van der Waals surface area contributed by atoms with Crippen LogP contribution in [0, 0.1) is 6.92 Å². The van der Waals surface area contributed by atoms with E-state index in [1.807, 2.05) is 0 Å². The van der Waals surface area contributed by atoms with Gasteiger partial charge in [-0.2, -0.15) is 0 Å². The smallest absolute Gasteiger partial charge is 0.330 e. The maximum Gasteiger partial charge on any atom is 0.330 e. The molecule has 0 unspecified atom stereocenters. The van der Waals surface area contributed by atoms with Gasteiger partial charge in [0.2, 0.25) is 0 Å². The fraction of sp³-hybridized carbons (Fsp3) is 0.600. The van der Waals surface area contributed by atoms with Crippen LogP contribution in [0.4, 0.5) is 0 Å². The molecule has 10 nitrogen and oxygen atoms in total. The lowest BCUT2D eigenvalue weighted by molar-refractivity contribution is -0.337. The van der Waals surface area contributed by atoms with E-state index in [0.29, 0.717) is 0 Å². The summed E-state index contributed by atoms with van der Waals surface area (Å²) in [6.45, 7) is 1.31. The summed E-state index contributed by atoms with van der Waals surface area (Å²) < 4.78 is 11.0. The Morgan fingerprint density at radius 1 is 1.57 bits per heavy atom. The van der Waals surface area contributed by atoms with Crippen molar-refractivity contribution in [1.29, 1.82) is 0 Å². The lowest BCUT2D eigenvalue weighted by atomic mass is 10.2. The molecule has 0 aliphatic carbocycles. The monoisotopic (exact) mass is 321 g/mol. The first-order valence-corrected chi connectivity index (χ1v) is 7.71. The zero-order chi connectivity index (χ0) is 15.8. The number of hydrogen-bond donors (Lipinski definition) is 3. The van der Waals surface area contributed by atoms with Crippen molar-refractivity contribution in [2.75, 3.05) is 13.0 Å². The minimum Gasteiger partial charge on any atom is -0.658 e. The van der Waals surface area contributed by atoms with Gasteiger partial charge in [0.25, 0.3) is 5.56 Å². The number of nitrogens with zero attached hydrogens (tertiary/aromatic N) is 1. The first-order valence-electron chi connectivity index (χ1n) is 5.95. The van der Waals surface area contributed by atoms with Crippen molar-refractivity contribution in [3.8, 4) is 0 Å². The molecule has 21 heavy (non-hydrogen) atoms. The molecule has 1 aliphatic heterocycles. The van der Waals surface area contributed by atoms with Gasteiger partial charge in [-0.1, -0.05) is 0 Å². The molecule has 0 bridgehead atoms. The molecule has 0 radical (unpaired) electrons. The Balaban J connectivity index is 2.15. The molecule has 1 aliphatic rings. The Hall–Kier alpha value is -1.13. The van der Waals surface area contributed by atoms with Crippen LogP contribution >= 0.6 is 7.94 Å². The molecule has 118 valence electrons. The van der Waals surface area contributed by atoms with E-state index in [9.17, 15) is 24.5 Å². The largest absolute Gasteiger partial charge is 0.658 e. The average molecular weight is 321 g/mol. The molecule has 0 aromatic carbocycles. The molecule has 2 rings (SSSR count). The first-order chi connectivity index (χ1) is 9.69. The van der Waals surface area contributed by atoms with Gasteiger partial charge in [-0.3, -0.25) is 19.2 Å². The Morgan fingerprint density at radius 2 is 2.24 bits per heavy atom. The molecular weight excluding hydrogens is 307 g/mol. The lowest BCUT2D eigenvalue weighted by Gasteiger charge is -2.28. The number of H-pyrrole nitrogens is 1. The highest BCUT2D eigenvalue weighted by molar-refractivity contribution is 7.55. The van der Waals surface area contributed by atoms with E-state index in [0.717, 1.165) is 4.57 Å². The number of aliphatic hydroxyl groups is 1. The van der Waals surface area contributed by atoms with Gasteiger partial charge >= 0.3 is 5.69 Å². The molecule has 2 heterocycles. The standard InChI is InChI=1S/C10H15N2O8P/c1-5-2-12(10(15)11-8(5)14)9-7(13)6(3-19-9)20-4-21(16,17)18/h2,6-7,9,13H,3-4H2,1H3,(H,11,14,15)(H2,16,17,18)/p-1/t6-,7+,9+/m0/s1. The van der Waals surface area contributed by atoms with Gasteiger partial charge in [0.05, 0.1) is 14.6 Å². The topological polar surface area (TPSA) is 160 Å². The summed E-state index contributed by atoms with van der Waals surface area (Å²) in [5.74, 6) is 0. The highest BCUT2D eigenvalue weighted by atomic mass is 31.2. The van der Waals surface area contributed by atoms with Crippen molar-refractivity contribution < 1.29 is 29.3 Å². The molecule has 3 N–H and O–H groups in total. The van der Waals surface area contributed by atoms with E-state index < -0.39 is 44.0 Å². The van der Waals surface area contributed by atoms with Crippen LogP contribution in [0.5, 0.6) is 0 Å². The lowest BCUT2D eigenvalue weighted by Crippen LogP contribution is -2.39. The van der Waals surface area contributed by atoms with Crippen LogP contribution in [0.3, 0.4) is 0 Å². The number of nitrogens with one attached hydrogen (secondary N) is 1. The van der Waals surface area contributed by atoms with Crippen LogP contribution in [-0.4, -0.2) is 44.7 Å². The van der Waals surface area contributed by atoms with Crippen molar-refractivity contribution in [2.45, 2.75) is 25.4 Å². The van der Waals surface area contributed by atoms with Gasteiger partial charge in [0.1, 0.15) is 12.2 Å². The van der Waals surface area contributed by atoms with E-state index in [-0.39, 0.29) is 12.2 Å². The van der Waals surface area contributed by atoms with Crippen molar-refractivity contribution >= 4 is 7.94 Å². The van der Waals surface area contributed by atoms with Gasteiger partial charge in [0.15, 0.2) is 12.6 Å². The molecule has 1 aromatic rings. The van der Waals surface area contributed by atoms with E-state index in [2.05, 4.69) is 4.98 Å². The van der Waals surface area contributed by atoms with E-state index in [1.54, 1.807) is 0 Å². The Kier molecular flexibility index (Phi) is 4.59. The number of ether oxygens (including phenoxy) is 2. The number of rotatable bonds is 4. The SMILES string of the molecule is Cc1cn([C@@H]2OC[C@H](OC[P+]([O-])([O-])O)[C@H]2O)c(=O)[nH]c1=O. The Labute approximate surface area is 118 Å². The van der Waals surface area contributed by atoms with Gasteiger partial charge < -0.3 is 24.4 Å². The predicted octanol–water partition coefficient (Wildman–Crippen LogP) is -3.45. The third kappa shape index (κ3) is 3.74. The van der Waals surface area contributed by atoms with Gasteiger partial charge in [-0.05, 0) is 6.92 Å². The normalized spacial score (nSPS) is 26.2. The maximum atomic E-state index is 11.7. The molecule has 3 atom stereocenters. The second kappa shape index (κ2) is 5.93. The van der Waals surface area contributed by atoms with Gasteiger partial charge in [-0.15, -0.1) is 0 Å². The molecule has 1 aromatic heterocycles. The third-order valence-corrected chi connectivity index (χ3v) is 3.45. The number of aromatic nitrogens is 2. The van der Waals surface area contributed by atoms with Crippen LogP contribution in [-0.2, 0) is 9.47 Å². The second-order valence-electron chi connectivity index (χ2n) is 4.66. The zero-order valence-electron chi connectivity index (χ0n) is 11.0. The second-order valence-corrected chi connectivity index (χ2v) is 6.20. The van der Waals surface area contributed by atoms with Crippen molar-refractivity contribution in [1.82, 2.24) is 9.55 Å². The summed E-state index contributed by atoms with van der Waals surface area (Å²) in [5.41, 5.74) is -1.08. The zero-order valence-corrected chi connectivity index (χ0v) is 11.9. The average Bonchev–Trinajstić information content (AvgIpc) is 2.72. The fourth-order valence-corrected chi connectivity index (χ4v) is 2.31. The summed E-state index contributed by atoms with van der Waals surface area (Å²) in [4.78, 5) is 54.9. The van der Waals surface area contributed by atoms with E-state index in [4.69, 9.17) is 14.4 Å². The maximum absolute atomic E-state index is 11.7. The number of hydrogen-bond acceptors (Lipinski definition) is 8. The fourth-order valence-electron chi connectivity index (χ4n) is 1.93. The van der Waals surface area contributed by atoms with Crippen LogP contribution in [0.2, 0.25) is 0 Å². The molecule has 1 saturated heterocycles. The van der Waals surface area contributed by atoms with Crippen LogP contribution in [0.25, 0.3) is 0 Å². The quantitative estimate of drug-likeness (QED) is 0.483. The highest BCUT2D eigenvalue weighted by Crippen LogP contribution is 2.35. The number of aliphatic hydroxyl groups excluding tert-OH is 1.